The number of nitrogens with zero attached hydrogens (tertiary/aromatic N) is 2. The smallest absolute Gasteiger partial charge is 0.271 e. The fourth-order valence-corrected chi connectivity index (χ4v) is 2.09. The third-order valence-corrected chi connectivity index (χ3v) is 3.40. The lowest BCUT2D eigenvalue weighted by Gasteiger charge is -2.20. The number of rotatable bonds is 4. The van der Waals surface area contributed by atoms with Crippen molar-refractivity contribution in [1.29, 1.82) is 0 Å². The van der Waals surface area contributed by atoms with Crippen LogP contribution < -0.4 is 5.32 Å². The van der Waals surface area contributed by atoms with Gasteiger partial charge in [-0.3, -0.25) is 4.79 Å². The Kier molecular flexibility index (Phi) is 5.05. The number of nitrogens with one attached hydrogen (secondary N) is 1. The number of hydrogen-bond donors (Lipinski definition) is 2. The molecule has 2 atom stereocenters. The molecule has 0 radical (unpaired) electrons. The maximum absolute atomic E-state index is 12.9. The average Bonchev–Trinajstić information content (AvgIpc) is 2.49. The molecule has 0 aliphatic rings. The third kappa shape index (κ3) is 3.78. The van der Waals surface area contributed by atoms with Crippen molar-refractivity contribution in [2.24, 2.45) is 0 Å². The minimum Gasteiger partial charge on any atom is -0.386 e. The number of carbonyl (C=O) groups is 1. The zero-order valence-corrected chi connectivity index (χ0v) is 12.8. The van der Waals surface area contributed by atoms with E-state index >= 15 is 0 Å². The highest BCUT2D eigenvalue weighted by Crippen LogP contribution is 2.18. The van der Waals surface area contributed by atoms with E-state index in [1.807, 2.05) is 0 Å². The molecule has 0 fully saturated rings. The number of carbonyl (C=O) groups excluding carboxylic acids is 1. The van der Waals surface area contributed by atoms with Gasteiger partial charge in [-0.15, -0.1) is 0 Å². The van der Waals surface area contributed by atoms with Gasteiger partial charge in [0.1, 0.15) is 17.3 Å². The zero-order valence-electron chi connectivity index (χ0n) is 12.0. The molecule has 1 aromatic heterocycles. The molecular formula is C15H15ClFN3O2. The Labute approximate surface area is 132 Å². The van der Waals surface area contributed by atoms with Crippen LogP contribution in [0, 0.1) is 12.7 Å². The Hall–Kier alpha value is -2.05. The van der Waals surface area contributed by atoms with Crippen molar-refractivity contribution in [3.63, 3.8) is 0 Å². The molecule has 0 saturated carbocycles. The van der Waals surface area contributed by atoms with Crippen molar-refractivity contribution in [2.45, 2.75) is 26.0 Å². The molecule has 5 nitrogen and oxygen atoms in total. The predicted molar refractivity (Wildman–Crippen MR) is 80.1 cm³/mol. The minimum atomic E-state index is -0.980. The van der Waals surface area contributed by atoms with Gasteiger partial charge in [0.2, 0.25) is 0 Å². The van der Waals surface area contributed by atoms with Crippen molar-refractivity contribution in [3.05, 3.63) is 58.4 Å². The minimum absolute atomic E-state index is 0.0484. The molecule has 1 aromatic carbocycles. The van der Waals surface area contributed by atoms with Crippen LogP contribution in [0.25, 0.3) is 0 Å². The topological polar surface area (TPSA) is 75.1 Å². The summed E-state index contributed by atoms with van der Waals surface area (Å²) in [6.07, 6.45) is 0.367. The number of benzene rings is 1. The van der Waals surface area contributed by atoms with Crippen LogP contribution in [0.4, 0.5) is 4.39 Å². The van der Waals surface area contributed by atoms with Crippen LogP contribution in [0.2, 0.25) is 5.02 Å². The number of aromatic nitrogens is 2. The van der Waals surface area contributed by atoms with Crippen molar-refractivity contribution in [1.82, 2.24) is 15.3 Å². The van der Waals surface area contributed by atoms with Gasteiger partial charge in [0.05, 0.1) is 23.4 Å². The number of aliphatic hydroxyl groups is 1. The first-order valence-electron chi connectivity index (χ1n) is 6.62. The third-order valence-electron chi connectivity index (χ3n) is 3.12. The second kappa shape index (κ2) is 6.81. The van der Waals surface area contributed by atoms with Crippen LogP contribution in [-0.4, -0.2) is 27.0 Å². The lowest BCUT2D eigenvalue weighted by atomic mass is 10.0. The molecule has 0 spiro atoms. The van der Waals surface area contributed by atoms with E-state index in [1.165, 1.54) is 30.5 Å². The fourth-order valence-electron chi connectivity index (χ4n) is 1.92. The molecule has 0 bridgehead atoms. The zero-order chi connectivity index (χ0) is 16.3. The number of amides is 1. The summed E-state index contributed by atoms with van der Waals surface area (Å²) in [7, 11) is 0. The normalized spacial score (nSPS) is 13.5. The van der Waals surface area contributed by atoms with Gasteiger partial charge in [0.15, 0.2) is 0 Å². The van der Waals surface area contributed by atoms with Crippen molar-refractivity contribution in [3.8, 4) is 0 Å². The average molecular weight is 324 g/mol. The van der Waals surface area contributed by atoms with Crippen molar-refractivity contribution < 1.29 is 14.3 Å². The first kappa shape index (κ1) is 16.3. The summed E-state index contributed by atoms with van der Waals surface area (Å²) < 4.78 is 12.9. The molecule has 2 rings (SSSR count). The number of hydrogen-bond acceptors (Lipinski definition) is 4. The van der Waals surface area contributed by atoms with Crippen LogP contribution in [0.15, 0.2) is 30.5 Å². The molecular weight excluding hydrogens is 309 g/mol. The monoisotopic (exact) mass is 323 g/mol. The first-order valence-corrected chi connectivity index (χ1v) is 7.00. The predicted octanol–water partition coefficient (Wildman–Crippen LogP) is 2.43. The van der Waals surface area contributed by atoms with Gasteiger partial charge >= 0.3 is 0 Å². The molecule has 2 unspecified atom stereocenters. The van der Waals surface area contributed by atoms with E-state index in [-0.39, 0.29) is 10.7 Å². The van der Waals surface area contributed by atoms with Crippen molar-refractivity contribution in [2.75, 3.05) is 0 Å². The van der Waals surface area contributed by atoms with Gasteiger partial charge in [-0.25, -0.2) is 14.4 Å². The standard InChI is InChI=1S/C15H15ClFN3O2/c1-8(14(21)10-3-5-11(17)6-4-10)19-15(22)13-12(16)7-18-9(2)20-13/h3-8,14,21H,1-2H3,(H,19,22). The summed E-state index contributed by atoms with van der Waals surface area (Å²) in [5, 5.41) is 12.9. The Balaban J connectivity index is 2.10. The molecule has 2 N–H and O–H groups in total. The number of aliphatic hydroxyl groups excluding tert-OH is 1. The summed E-state index contributed by atoms with van der Waals surface area (Å²) in [5.74, 6) is -0.485. The Morgan fingerprint density at radius 1 is 1.36 bits per heavy atom. The van der Waals surface area contributed by atoms with Gasteiger partial charge < -0.3 is 10.4 Å². The highest BCUT2D eigenvalue weighted by atomic mass is 35.5. The first-order chi connectivity index (χ1) is 10.4. The van der Waals surface area contributed by atoms with Gasteiger partial charge in [-0.2, -0.15) is 0 Å². The van der Waals surface area contributed by atoms with Gasteiger partial charge in [-0.1, -0.05) is 23.7 Å². The molecule has 7 heteroatoms. The van der Waals surface area contributed by atoms with Gasteiger partial charge in [0.25, 0.3) is 5.91 Å². The van der Waals surface area contributed by atoms with Crippen LogP contribution in [-0.2, 0) is 0 Å². The summed E-state index contributed by atoms with van der Waals surface area (Å²) in [6.45, 7) is 3.28. The lowest BCUT2D eigenvalue weighted by molar-refractivity contribution is 0.0847. The number of halogens is 2. The van der Waals surface area contributed by atoms with E-state index in [0.29, 0.717) is 11.4 Å². The molecule has 0 aliphatic carbocycles. The highest BCUT2D eigenvalue weighted by Gasteiger charge is 2.21. The molecule has 2 aromatic rings. The Bertz CT molecular complexity index is 679. The molecule has 1 heterocycles. The highest BCUT2D eigenvalue weighted by molar-refractivity contribution is 6.33. The molecule has 116 valence electrons. The van der Waals surface area contributed by atoms with Crippen LogP contribution in [0.3, 0.4) is 0 Å². The summed E-state index contributed by atoms with van der Waals surface area (Å²) in [6, 6.07) is 4.81. The molecule has 1 amide bonds. The molecule has 0 aliphatic heterocycles. The Morgan fingerprint density at radius 2 is 2.00 bits per heavy atom. The van der Waals surface area contributed by atoms with E-state index in [9.17, 15) is 14.3 Å². The van der Waals surface area contributed by atoms with Crippen LogP contribution in [0.1, 0.15) is 34.9 Å². The quantitative estimate of drug-likeness (QED) is 0.906. The van der Waals surface area contributed by atoms with Gasteiger partial charge in [0, 0.05) is 0 Å². The van der Waals surface area contributed by atoms with Crippen LogP contribution >= 0.6 is 11.6 Å². The van der Waals surface area contributed by atoms with E-state index in [1.54, 1.807) is 13.8 Å². The van der Waals surface area contributed by atoms with E-state index in [4.69, 9.17) is 11.6 Å². The maximum Gasteiger partial charge on any atom is 0.271 e. The summed E-state index contributed by atoms with van der Waals surface area (Å²) in [4.78, 5) is 20.0. The molecule has 0 saturated heterocycles. The summed E-state index contributed by atoms with van der Waals surface area (Å²) in [5.41, 5.74) is 0.548. The second-order valence-electron chi connectivity index (χ2n) is 4.87. The number of aryl methyl sites for hydroxylation is 1. The summed E-state index contributed by atoms with van der Waals surface area (Å²) >= 11 is 5.90. The van der Waals surface area contributed by atoms with E-state index in [2.05, 4.69) is 15.3 Å². The molecule has 22 heavy (non-hydrogen) atoms. The van der Waals surface area contributed by atoms with E-state index < -0.39 is 23.9 Å². The fraction of sp³-hybridized carbons (Fsp3) is 0.267. The van der Waals surface area contributed by atoms with Crippen LogP contribution in [0.5, 0.6) is 0 Å². The largest absolute Gasteiger partial charge is 0.386 e. The SMILES string of the molecule is Cc1ncc(Cl)c(C(=O)NC(C)C(O)c2ccc(F)cc2)n1. The van der Waals surface area contributed by atoms with Crippen molar-refractivity contribution >= 4 is 17.5 Å². The second-order valence-corrected chi connectivity index (χ2v) is 5.28. The Morgan fingerprint density at radius 3 is 2.64 bits per heavy atom. The lowest BCUT2D eigenvalue weighted by Crippen LogP contribution is -2.37. The maximum atomic E-state index is 12.9. The van der Waals surface area contributed by atoms with Gasteiger partial charge in [-0.05, 0) is 31.5 Å². The van der Waals surface area contributed by atoms with E-state index in [0.717, 1.165) is 0 Å².